The normalized spacial score (nSPS) is 28.4. The van der Waals surface area contributed by atoms with Gasteiger partial charge in [-0.15, -0.1) is 0 Å². The fraction of sp³-hybridized carbons (Fsp3) is 0.556. The van der Waals surface area contributed by atoms with Gasteiger partial charge in [-0.1, -0.05) is 34.6 Å². The smallest absolute Gasteiger partial charge is 0.305 e. The molecular formula is C18H23N3O4S2. The maximum absolute atomic E-state index is 13.5. The minimum atomic E-state index is -1.14. The fourth-order valence-electron chi connectivity index (χ4n) is 3.58. The summed E-state index contributed by atoms with van der Waals surface area (Å²) >= 11 is 0. The van der Waals surface area contributed by atoms with Gasteiger partial charge in [-0.2, -0.15) is 0 Å². The van der Waals surface area contributed by atoms with Crippen LogP contribution in [-0.2, 0) is 19.1 Å². The Morgan fingerprint density at radius 3 is 2.67 bits per heavy atom. The topological polar surface area (TPSA) is 79.8 Å². The number of ether oxygens (including phenoxy) is 1. The number of hydrogen-bond acceptors (Lipinski definition) is 7. The van der Waals surface area contributed by atoms with Crippen LogP contribution in [0, 0.1) is 0 Å². The van der Waals surface area contributed by atoms with Crippen molar-refractivity contribution in [1.29, 1.82) is 0 Å². The van der Waals surface area contributed by atoms with E-state index in [0.717, 1.165) is 5.56 Å². The number of rotatable bonds is 6. The minimum Gasteiger partial charge on any atom is -0.469 e. The molecule has 9 heteroatoms. The highest BCUT2D eigenvalue weighted by molar-refractivity contribution is 8.78. The number of pyridine rings is 1. The van der Waals surface area contributed by atoms with Gasteiger partial charge in [0.15, 0.2) is 9.74 Å². The fourth-order valence-corrected chi connectivity index (χ4v) is 7.09. The molecule has 2 bridgehead atoms. The van der Waals surface area contributed by atoms with Crippen molar-refractivity contribution < 1.29 is 19.1 Å². The standard InChI is InChI=1S/C18H23N3O4S2/c1-5-13(12-7-6-10-19-11-12)21-15(23)17(2)20(3)16(24)18(21,27-26-17)9-8-14(22)25-4/h6-7,10-11,13H,5,8-9H2,1-4H3. The molecule has 3 aliphatic heterocycles. The van der Waals surface area contributed by atoms with Crippen LogP contribution in [0.3, 0.4) is 0 Å². The molecule has 27 heavy (non-hydrogen) atoms. The summed E-state index contributed by atoms with van der Waals surface area (Å²) in [5, 5.41) is 0. The Hall–Kier alpha value is -1.74. The Labute approximate surface area is 166 Å². The molecule has 0 aliphatic carbocycles. The van der Waals surface area contributed by atoms with E-state index in [1.54, 1.807) is 31.3 Å². The number of aromatic nitrogens is 1. The highest BCUT2D eigenvalue weighted by Crippen LogP contribution is 2.62. The third kappa shape index (κ3) is 3.00. The largest absolute Gasteiger partial charge is 0.469 e. The van der Waals surface area contributed by atoms with Gasteiger partial charge in [0.2, 0.25) is 0 Å². The molecule has 146 valence electrons. The summed E-state index contributed by atoms with van der Waals surface area (Å²) < 4.78 is 4.77. The highest BCUT2D eigenvalue weighted by Gasteiger charge is 2.67. The van der Waals surface area contributed by atoms with E-state index >= 15 is 0 Å². The number of carbonyl (C=O) groups excluding carboxylic acids is 3. The van der Waals surface area contributed by atoms with E-state index in [2.05, 4.69) is 4.98 Å². The number of carbonyl (C=O) groups is 3. The quantitative estimate of drug-likeness (QED) is 0.528. The van der Waals surface area contributed by atoms with Crippen LogP contribution in [0.25, 0.3) is 0 Å². The maximum atomic E-state index is 13.5. The van der Waals surface area contributed by atoms with Gasteiger partial charge in [0.05, 0.1) is 13.2 Å². The van der Waals surface area contributed by atoms with E-state index in [9.17, 15) is 14.4 Å². The Bertz CT molecular complexity index is 762. The Morgan fingerprint density at radius 1 is 1.33 bits per heavy atom. The number of likely N-dealkylation sites (N-methyl/N-ethyl adjacent to an activating group) is 1. The van der Waals surface area contributed by atoms with Crippen LogP contribution in [0.15, 0.2) is 24.5 Å². The first-order valence-corrected chi connectivity index (χ1v) is 10.9. The molecule has 4 rings (SSSR count). The van der Waals surface area contributed by atoms with Gasteiger partial charge < -0.3 is 14.5 Å². The second-order valence-corrected chi connectivity index (χ2v) is 9.56. The van der Waals surface area contributed by atoms with Crippen molar-refractivity contribution in [2.45, 2.75) is 48.9 Å². The Balaban J connectivity index is 2.08. The zero-order chi connectivity index (χ0) is 19.8. The van der Waals surface area contributed by atoms with Crippen molar-refractivity contribution in [2.24, 2.45) is 0 Å². The van der Waals surface area contributed by atoms with Gasteiger partial charge in [-0.25, -0.2) is 0 Å². The molecule has 2 amide bonds. The molecule has 4 heterocycles. The van der Waals surface area contributed by atoms with E-state index in [1.165, 1.54) is 33.6 Å². The molecule has 0 aromatic carbocycles. The Kier molecular flexibility index (Phi) is 5.45. The van der Waals surface area contributed by atoms with Crippen molar-refractivity contribution in [3.8, 4) is 0 Å². The van der Waals surface area contributed by atoms with E-state index < -0.39 is 15.7 Å². The number of piperazine rings is 1. The zero-order valence-electron chi connectivity index (χ0n) is 15.8. The van der Waals surface area contributed by atoms with Gasteiger partial charge in [0, 0.05) is 32.3 Å². The monoisotopic (exact) mass is 409 g/mol. The first-order valence-electron chi connectivity index (χ1n) is 8.77. The van der Waals surface area contributed by atoms with Crippen LogP contribution >= 0.6 is 21.6 Å². The minimum absolute atomic E-state index is 0.0631. The summed E-state index contributed by atoms with van der Waals surface area (Å²) in [5.41, 5.74) is 0.878. The lowest BCUT2D eigenvalue weighted by Crippen LogP contribution is -2.76. The van der Waals surface area contributed by atoms with Crippen molar-refractivity contribution in [3.63, 3.8) is 0 Å². The van der Waals surface area contributed by atoms with Crippen LogP contribution in [-0.4, -0.2) is 56.5 Å². The van der Waals surface area contributed by atoms with Gasteiger partial charge in [-0.05, 0) is 25.0 Å². The van der Waals surface area contributed by atoms with Crippen LogP contribution < -0.4 is 0 Å². The molecule has 3 fully saturated rings. The predicted octanol–water partition coefficient (Wildman–Crippen LogP) is 2.59. The molecule has 0 radical (unpaired) electrons. The molecule has 3 atom stereocenters. The summed E-state index contributed by atoms with van der Waals surface area (Å²) in [6.07, 6.45) is 4.31. The second-order valence-electron chi connectivity index (χ2n) is 6.76. The molecule has 7 nitrogen and oxygen atoms in total. The van der Waals surface area contributed by atoms with Crippen LogP contribution in [0.2, 0.25) is 0 Å². The molecular weight excluding hydrogens is 386 g/mol. The first kappa shape index (κ1) is 20.0. The molecule has 1 aromatic heterocycles. The number of esters is 1. The van der Waals surface area contributed by atoms with Crippen molar-refractivity contribution in [2.75, 3.05) is 14.2 Å². The molecule has 3 saturated heterocycles. The molecule has 3 aliphatic rings. The van der Waals surface area contributed by atoms with Crippen LogP contribution in [0.1, 0.15) is 44.7 Å². The average molecular weight is 410 g/mol. The summed E-state index contributed by atoms with van der Waals surface area (Å²) in [6.45, 7) is 3.76. The SMILES string of the molecule is CCC(c1cccnc1)N1C(=O)C2(C)SSC1(CCC(=O)OC)C(=O)N2C. The summed E-state index contributed by atoms with van der Waals surface area (Å²) in [7, 11) is 5.74. The lowest BCUT2D eigenvalue weighted by atomic mass is 9.94. The van der Waals surface area contributed by atoms with Crippen molar-refractivity contribution in [3.05, 3.63) is 30.1 Å². The molecule has 0 spiro atoms. The van der Waals surface area contributed by atoms with Gasteiger partial charge in [0.25, 0.3) is 11.8 Å². The second kappa shape index (κ2) is 7.35. The number of nitrogens with zero attached hydrogens (tertiary/aromatic N) is 3. The van der Waals surface area contributed by atoms with Gasteiger partial charge in [-0.3, -0.25) is 19.4 Å². The van der Waals surface area contributed by atoms with E-state index in [1.807, 2.05) is 19.1 Å². The maximum Gasteiger partial charge on any atom is 0.305 e. The Morgan fingerprint density at radius 2 is 2.07 bits per heavy atom. The average Bonchev–Trinajstić information content (AvgIpc) is 2.69. The number of amides is 2. The number of methoxy groups -OCH3 is 1. The van der Waals surface area contributed by atoms with Gasteiger partial charge in [0.1, 0.15) is 0 Å². The molecule has 3 unspecified atom stereocenters. The molecule has 0 saturated carbocycles. The van der Waals surface area contributed by atoms with E-state index in [4.69, 9.17) is 4.74 Å². The lowest BCUT2D eigenvalue weighted by molar-refractivity contribution is -0.169. The third-order valence-electron chi connectivity index (χ3n) is 5.29. The van der Waals surface area contributed by atoms with Crippen LogP contribution in [0.5, 0.6) is 0 Å². The lowest BCUT2D eigenvalue weighted by Gasteiger charge is -2.60. The summed E-state index contributed by atoms with van der Waals surface area (Å²) in [4.78, 5) is 43.9. The summed E-state index contributed by atoms with van der Waals surface area (Å²) in [6, 6.07) is 3.44. The molecule has 0 N–H and O–H groups in total. The summed E-state index contributed by atoms with van der Waals surface area (Å²) in [5.74, 6) is -0.667. The van der Waals surface area contributed by atoms with E-state index in [0.29, 0.717) is 6.42 Å². The zero-order valence-corrected chi connectivity index (χ0v) is 17.4. The number of hydrogen-bond donors (Lipinski definition) is 0. The third-order valence-corrected chi connectivity index (χ3v) is 9.05. The van der Waals surface area contributed by atoms with Crippen molar-refractivity contribution >= 4 is 39.4 Å². The number of fused-ring (bicyclic) bond motifs is 3. The molecule has 1 aromatic rings. The van der Waals surface area contributed by atoms with Crippen molar-refractivity contribution in [1.82, 2.24) is 14.8 Å². The van der Waals surface area contributed by atoms with Crippen LogP contribution in [0.4, 0.5) is 0 Å². The van der Waals surface area contributed by atoms with E-state index in [-0.39, 0.29) is 30.7 Å². The predicted molar refractivity (Wildman–Crippen MR) is 104 cm³/mol. The highest BCUT2D eigenvalue weighted by atomic mass is 33.1. The van der Waals surface area contributed by atoms with Gasteiger partial charge >= 0.3 is 5.97 Å². The first-order chi connectivity index (χ1) is 12.8.